The maximum absolute atomic E-state index is 12.1. The summed E-state index contributed by atoms with van der Waals surface area (Å²) in [4.78, 5) is 26.9. The van der Waals surface area contributed by atoms with Crippen LogP contribution in [0.5, 0.6) is 0 Å². The summed E-state index contributed by atoms with van der Waals surface area (Å²) in [5.74, 6) is -0.612. The van der Waals surface area contributed by atoms with Crippen LogP contribution in [0.4, 0.5) is 5.69 Å². The van der Waals surface area contributed by atoms with Crippen LogP contribution in [-0.4, -0.2) is 15.9 Å². The molecule has 0 bridgehead atoms. The standard InChI is InChI=1S/C17H18N2O4/c1-17(2,3)14-8-7-12(10-15(14)19(21)22)16(20)23-11-13-6-4-5-9-18-13/h4-10H,11H2,1-3H3. The lowest BCUT2D eigenvalue weighted by Crippen LogP contribution is -2.15. The lowest BCUT2D eigenvalue weighted by Gasteiger charge is -2.19. The molecule has 1 aromatic heterocycles. The normalized spacial score (nSPS) is 11.1. The molecular formula is C17H18N2O4. The number of carbonyl (C=O) groups excluding carboxylic acids is 1. The highest BCUT2D eigenvalue weighted by atomic mass is 16.6. The lowest BCUT2D eigenvalue weighted by atomic mass is 9.85. The zero-order valence-electron chi connectivity index (χ0n) is 13.3. The Bertz CT molecular complexity index is 721. The third-order valence-corrected chi connectivity index (χ3v) is 3.32. The summed E-state index contributed by atoms with van der Waals surface area (Å²) < 4.78 is 5.15. The van der Waals surface area contributed by atoms with Crippen molar-refractivity contribution in [1.82, 2.24) is 4.98 Å². The van der Waals surface area contributed by atoms with E-state index in [2.05, 4.69) is 4.98 Å². The van der Waals surface area contributed by atoms with E-state index in [-0.39, 0.29) is 17.9 Å². The quantitative estimate of drug-likeness (QED) is 0.489. The van der Waals surface area contributed by atoms with E-state index in [1.165, 1.54) is 6.07 Å². The van der Waals surface area contributed by atoms with Gasteiger partial charge in [-0.15, -0.1) is 0 Å². The largest absolute Gasteiger partial charge is 0.456 e. The highest BCUT2D eigenvalue weighted by Crippen LogP contribution is 2.32. The van der Waals surface area contributed by atoms with E-state index in [1.54, 1.807) is 36.5 Å². The van der Waals surface area contributed by atoms with Crippen LogP contribution in [0.2, 0.25) is 0 Å². The summed E-state index contributed by atoms with van der Waals surface area (Å²) in [6, 6.07) is 9.71. The fourth-order valence-corrected chi connectivity index (χ4v) is 2.15. The fourth-order valence-electron chi connectivity index (χ4n) is 2.15. The van der Waals surface area contributed by atoms with Crippen molar-refractivity contribution < 1.29 is 14.5 Å². The Morgan fingerprint density at radius 2 is 2.00 bits per heavy atom. The first-order chi connectivity index (χ1) is 10.8. The van der Waals surface area contributed by atoms with Crippen molar-refractivity contribution in [3.8, 4) is 0 Å². The topological polar surface area (TPSA) is 82.3 Å². The van der Waals surface area contributed by atoms with Gasteiger partial charge in [0.2, 0.25) is 0 Å². The SMILES string of the molecule is CC(C)(C)c1ccc(C(=O)OCc2ccccn2)cc1[N+](=O)[O-]. The van der Waals surface area contributed by atoms with Gasteiger partial charge in [0.05, 0.1) is 16.2 Å². The van der Waals surface area contributed by atoms with E-state index in [0.717, 1.165) is 0 Å². The van der Waals surface area contributed by atoms with Gasteiger partial charge in [0.25, 0.3) is 5.69 Å². The maximum Gasteiger partial charge on any atom is 0.338 e. The summed E-state index contributed by atoms with van der Waals surface area (Å²) in [7, 11) is 0. The first kappa shape index (κ1) is 16.6. The number of nitrogens with zero attached hydrogens (tertiary/aromatic N) is 2. The molecule has 0 N–H and O–H groups in total. The zero-order chi connectivity index (χ0) is 17.0. The van der Waals surface area contributed by atoms with Crippen molar-refractivity contribution in [3.63, 3.8) is 0 Å². The van der Waals surface area contributed by atoms with E-state index in [4.69, 9.17) is 4.74 Å². The van der Waals surface area contributed by atoms with E-state index in [9.17, 15) is 14.9 Å². The second-order valence-electron chi connectivity index (χ2n) is 6.14. The molecule has 6 heteroatoms. The molecule has 0 atom stereocenters. The maximum atomic E-state index is 12.1. The second-order valence-corrected chi connectivity index (χ2v) is 6.14. The molecule has 0 amide bonds. The molecule has 0 aliphatic carbocycles. The van der Waals surface area contributed by atoms with E-state index >= 15 is 0 Å². The minimum Gasteiger partial charge on any atom is -0.456 e. The molecule has 0 saturated heterocycles. The Balaban J connectivity index is 2.21. The van der Waals surface area contributed by atoms with Crippen LogP contribution >= 0.6 is 0 Å². The average Bonchev–Trinajstić information content (AvgIpc) is 2.52. The molecule has 0 saturated carbocycles. The smallest absolute Gasteiger partial charge is 0.338 e. The number of hydrogen-bond donors (Lipinski definition) is 0. The van der Waals surface area contributed by atoms with Gasteiger partial charge in [-0.25, -0.2) is 4.79 Å². The van der Waals surface area contributed by atoms with E-state index in [0.29, 0.717) is 11.3 Å². The first-order valence-electron chi connectivity index (χ1n) is 7.15. The first-order valence-corrected chi connectivity index (χ1v) is 7.15. The molecule has 0 radical (unpaired) electrons. The Labute approximate surface area is 134 Å². The Morgan fingerprint density at radius 1 is 1.26 bits per heavy atom. The summed E-state index contributed by atoms with van der Waals surface area (Å²) in [6.07, 6.45) is 1.60. The van der Waals surface area contributed by atoms with Crippen LogP contribution < -0.4 is 0 Å². The molecule has 0 aliphatic rings. The minimum atomic E-state index is -0.612. The third kappa shape index (κ3) is 4.12. The molecule has 120 valence electrons. The average molecular weight is 314 g/mol. The number of benzene rings is 1. The molecular weight excluding hydrogens is 296 g/mol. The molecule has 0 aliphatic heterocycles. The molecule has 1 heterocycles. The second kappa shape index (κ2) is 6.56. The van der Waals surface area contributed by atoms with Gasteiger partial charge in [0.1, 0.15) is 6.61 Å². The number of hydrogen-bond acceptors (Lipinski definition) is 5. The summed E-state index contributed by atoms with van der Waals surface area (Å²) >= 11 is 0. The summed E-state index contributed by atoms with van der Waals surface area (Å²) in [5.41, 5.74) is 0.870. The van der Waals surface area contributed by atoms with Gasteiger partial charge in [-0.3, -0.25) is 15.1 Å². The van der Waals surface area contributed by atoms with E-state index in [1.807, 2.05) is 20.8 Å². The van der Waals surface area contributed by atoms with Gasteiger partial charge in [0, 0.05) is 17.8 Å². The number of carbonyl (C=O) groups is 1. The summed E-state index contributed by atoms with van der Waals surface area (Å²) in [6.45, 7) is 5.67. The molecule has 0 spiro atoms. The zero-order valence-corrected chi connectivity index (χ0v) is 13.3. The predicted octanol–water partition coefficient (Wildman–Crippen LogP) is 3.64. The number of nitro groups is 1. The van der Waals surface area contributed by atoms with Crippen molar-refractivity contribution >= 4 is 11.7 Å². The van der Waals surface area contributed by atoms with Gasteiger partial charge in [-0.1, -0.05) is 32.9 Å². The Morgan fingerprint density at radius 3 is 2.57 bits per heavy atom. The summed E-state index contributed by atoms with van der Waals surface area (Å²) in [5, 5.41) is 11.3. The highest BCUT2D eigenvalue weighted by molar-refractivity contribution is 5.90. The molecule has 1 aromatic carbocycles. The van der Waals surface area contributed by atoms with Gasteiger partial charge < -0.3 is 4.74 Å². The number of esters is 1. The van der Waals surface area contributed by atoms with Crippen LogP contribution in [-0.2, 0) is 16.8 Å². The van der Waals surface area contributed by atoms with Crippen molar-refractivity contribution in [2.45, 2.75) is 32.8 Å². The monoisotopic (exact) mass is 314 g/mol. The van der Waals surface area contributed by atoms with Gasteiger partial charge in [-0.2, -0.15) is 0 Å². The highest BCUT2D eigenvalue weighted by Gasteiger charge is 2.26. The van der Waals surface area contributed by atoms with Gasteiger partial charge in [-0.05, 0) is 23.6 Å². The molecule has 23 heavy (non-hydrogen) atoms. The Kier molecular flexibility index (Phi) is 4.74. The van der Waals surface area contributed by atoms with Crippen molar-refractivity contribution in [3.05, 3.63) is 69.5 Å². The molecule has 0 fully saturated rings. The van der Waals surface area contributed by atoms with Crippen LogP contribution in [0.3, 0.4) is 0 Å². The van der Waals surface area contributed by atoms with Crippen LogP contribution in [0, 0.1) is 10.1 Å². The van der Waals surface area contributed by atoms with Crippen molar-refractivity contribution in [2.75, 3.05) is 0 Å². The van der Waals surface area contributed by atoms with Crippen molar-refractivity contribution in [1.29, 1.82) is 0 Å². The number of ether oxygens (including phenoxy) is 1. The number of rotatable bonds is 4. The van der Waals surface area contributed by atoms with Crippen LogP contribution in [0.1, 0.15) is 42.4 Å². The Hall–Kier alpha value is -2.76. The minimum absolute atomic E-state index is 0.0223. The number of nitro benzene ring substituents is 1. The molecule has 6 nitrogen and oxygen atoms in total. The fraction of sp³-hybridized carbons (Fsp3) is 0.294. The number of pyridine rings is 1. The van der Waals surface area contributed by atoms with Gasteiger partial charge in [0.15, 0.2) is 0 Å². The molecule has 0 unspecified atom stereocenters. The van der Waals surface area contributed by atoms with Crippen LogP contribution in [0.25, 0.3) is 0 Å². The van der Waals surface area contributed by atoms with Crippen molar-refractivity contribution in [2.24, 2.45) is 0 Å². The lowest BCUT2D eigenvalue weighted by molar-refractivity contribution is -0.386. The molecule has 2 aromatic rings. The van der Waals surface area contributed by atoms with Gasteiger partial charge >= 0.3 is 5.97 Å². The number of aromatic nitrogens is 1. The van der Waals surface area contributed by atoms with E-state index < -0.39 is 16.3 Å². The molecule has 2 rings (SSSR count). The third-order valence-electron chi connectivity index (χ3n) is 3.32. The predicted molar refractivity (Wildman–Crippen MR) is 85.2 cm³/mol. The van der Waals surface area contributed by atoms with Crippen LogP contribution in [0.15, 0.2) is 42.6 Å².